The van der Waals surface area contributed by atoms with Crippen molar-refractivity contribution in [1.82, 2.24) is 9.88 Å². The highest BCUT2D eigenvalue weighted by Crippen LogP contribution is 2.13. The van der Waals surface area contributed by atoms with Crippen molar-refractivity contribution in [2.45, 2.75) is 6.54 Å². The summed E-state index contributed by atoms with van der Waals surface area (Å²) in [7, 11) is 2.15. The quantitative estimate of drug-likeness (QED) is 0.755. The number of hydrogen-bond donors (Lipinski definition) is 1. The highest BCUT2D eigenvalue weighted by atomic mass is 15.3. The zero-order valence-electron chi connectivity index (χ0n) is 9.19. The monoisotopic (exact) mass is 206 g/mol. The molecule has 1 saturated heterocycles. The van der Waals surface area contributed by atoms with Crippen LogP contribution in [-0.4, -0.2) is 43.1 Å². The van der Waals surface area contributed by atoms with E-state index in [2.05, 4.69) is 27.9 Å². The molecule has 0 saturated carbocycles. The van der Waals surface area contributed by atoms with Gasteiger partial charge in [0.15, 0.2) is 0 Å². The number of likely N-dealkylation sites (N-methyl/N-ethyl adjacent to an activating group) is 1. The summed E-state index contributed by atoms with van der Waals surface area (Å²) in [5.74, 6) is 1.06. The fourth-order valence-electron chi connectivity index (χ4n) is 1.79. The van der Waals surface area contributed by atoms with Crippen molar-refractivity contribution in [3.05, 3.63) is 23.9 Å². The average Bonchev–Trinajstić information content (AvgIpc) is 2.30. The van der Waals surface area contributed by atoms with Gasteiger partial charge in [-0.05, 0) is 19.2 Å². The molecule has 0 spiro atoms. The lowest BCUT2D eigenvalue weighted by atomic mass is 10.3. The maximum atomic E-state index is 5.58. The predicted octanol–water partition coefficient (Wildman–Crippen LogP) is 0.292. The SMILES string of the molecule is CN1CCN(c2cccc(CN)n2)CC1. The Hall–Kier alpha value is -1.13. The van der Waals surface area contributed by atoms with Crippen LogP contribution in [0.4, 0.5) is 5.82 Å². The van der Waals surface area contributed by atoms with E-state index >= 15 is 0 Å². The number of anilines is 1. The van der Waals surface area contributed by atoms with Crippen molar-refractivity contribution >= 4 is 5.82 Å². The Labute approximate surface area is 90.7 Å². The fraction of sp³-hybridized carbons (Fsp3) is 0.545. The van der Waals surface area contributed by atoms with Gasteiger partial charge in [0.25, 0.3) is 0 Å². The zero-order valence-corrected chi connectivity index (χ0v) is 9.19. The number of hydrogen-bond acceptors (Lipinski definition) is 4. The molecular weight excluding hydrogens is 188 g/mol. The molecule has 1 aromatic heterocycles. The third kappa shape index (κ3) is 2.46. The lowest BCUT2D eigenvalue weighted by Gasteiger charge is -2.33. The van der Waals surface area contributed by atoms with Gasteiger partial charge in [-0.25, -0.2) is 4.98 Å². The molecule has 2 heterocycles. The van der Waals surface area contributed by atoms with Gasteiger partial charge in [-0.2, -0.15) is 0 Å². The van der Waals surface area contributed by atoms with Crippen molar-refractivity contribution in [3.8, 4) is 0 Å². The molecule has 1 aliphatic heterocycles. The van der Waals surface area contributed by atoms with Crippen LogP contribution >= 0.6 is 0 Å². The average molecular weight is 206 g/mol. The van der Waals surface area contributed by atoms with E-state index in [4.69, 9.17) is 5.73 Å². The van der Waals surface area contributed by atoms with E-state index in [0.29, 0.717) is 6.54 Å². The predicted molar refractivity (Wildman–Crippen MR) is 61.8 cm³/mol. The van der Waals surface area contributed by atoms with E-state index in [1.54, 1.807) is 0 Å². The van der Waals surface area contributed by atoms with Gasteiger partial charge in [0.1, 0.15) is 5.82 Å². The number of aromatic nitrogens is 1. The maximum Gasteiger partial charge on any atom is 0.128 e. The van der Waals surface area contributed by atoms with Crippen LogP contribution in [0.1, 0.15) is 5.69 Å². The van der Waals surface area contributed by atoms with Crippen LogP contribution in [0.15, 0.2) is 18.2 Å². The fourth-order valence-corrected chi connectivity index (χ4v) is 1.79. The Balaban J connectivity index is 2.08. The number of pyridine rings is 1. The van der Waals surface area contributed by atoms with Crippen LogP contribution in [-0.2, 0) is 6.54 Å². The molecule has 15 heavy (non-hydrogen) atoms. The number of rotatable bonds is 2. The molecule has 0 aromatic carbocycles. The molecule has 0 atom stereocenters. The minimum Gasteiger partial charge on any atom is -0.354 e. The van der Waals surface area contributed by atoms with Gasteiger partial charge >= 0.3 is 0 Å². The summed E-state index contributed by atoms with van der Waals surface area (Å²) in [4.78, 5) is 9.18. The van der Waals surface area contributed by atoms with E-state index in [-0.39, 0.29) is 0 Å². The Morgan fingerprint density at radius 1 is 1.27 bits per heavy atom. The van der Waals surface area contributed by atoms with Crippen molar-refractivity contribution < 1.29 is 0 Å². The van der Waals surface area contributed by atoms with Gasteiger partial charge in [0.05, 0.1) is 5.69 Å². The summed E-state index contributed by atoms with van der Waals surface area (Å²) in [6.07, 6.45) is 0. The van der Waals surface area contributed by atoms with Crippen molar-refractivity contribution in [3.63, 3.8) is 0 Å². The molecule has 1 aromatic rings. The summed E-state index contributed by atoms with van der Waals surface area (Å²) >= 11 is 0. The van der Waals surface area contributed by atoms with Crippen LogP contribution < -0.4 is 10.6 Å². The summed E-state index contributed by atoms with van der Waals surface area (Å²) < 4.78 is 0. The van der Waals surface area contributed by atoms with Crippen LogP contribution in [0, 0.1) is 0 Å². The maximum absolute atomic E-state index is 5.58. The first-order valence-corrected chi connectivity index (χ1v) is 5.39. The molecule has 0 bridgehead atoms. The van der Waals surface area contributed by atoms with Gasteiger partial charge in [-0.3, -0.25) is 0 Å². The number of nitrogens with two attached hydrogens (primary N) is 1. The number of piperazine rings is 1. The molecule has 82 valence electrons. The first-order chi connectivity index (χ1) is 7.29. The zero-order chi connectivity index (χ0) is 10.7. The molecule has 0 amide bonds. The highest BCUT2D eigenvalue weighted by Gasteiger charge is 2.14. The van der Waals surface area contributed by atoms with Crippen molar-refractivity contribution in [2.24, 2.45) is 5.73 Å². The second-order valence-electron chi connectivity index (χ2n) is 3.98. The molecule has 0 radical (unpaired) electrons. The molecule has 4 nitrogen and oxygen atoms in total. The first-order valence-electron chi connectivity index (χ1n) is 5.39. The third-order valence-corrected chi connectivity index (χ3v) is 2.83. The van der Waals surface area contributed by atoms with E-state index in [1.165, 1.54) is 0 Å². The van der Waals surface area contributed by atoms with E-state index in [0.717, 1.165) is 37.7 Å². The lowest BCUT2D eigenvalue weighted by Crippen LogP contribution is -2.44. The minimum absolute atomic E-state index is 0.515. The Kier molecular flexibility index (Phi) is 3.18. The lowest BCUT2D eigenvalue weighted by molar-refractivity contribution is 0.312. The van der Waals surface area contributed by atoms with E-state index in [9.17, 15) is 0 Å². The second-order valence-corrected chi connectivity index (χ2v) is 3.98. The smallest absolute Gasteiger partial charge is 0.128 e. The van der Waals surface area contributed by atoms with Gasteiger partial charge in [-0.15, -0.1) is 0 Å². The second kappa shape index (κ2) is 4.59. The van der Waals surface area contributed by atoms with Crippen molar-refractivity contribution in [2.75, 3.05) is 38.1 Å². The molecule has 4 heteroatoms. The van der Waals surface area contributed by atoms with Gasteiger partial charge in [-0.1, -0.05) is 6.07 Å². The summed E-state index contributed by atoms with van der Waals surface area (Å²) in [6.45, 7) is 4.83. The topological polar surface area (TPSA) is 45.4 Å². The number of nitrogens with zero attached hydrogens (tertiary/aromatic N) is 3. The molecule has 0 unspecified atom stereocenters. The van der Waals surface area contributed by atoms with Crippen LogP contribution in [0.5, 0.6) is 0 Å². The Morgan fingerprint density at radius 3 is 2.67 bits per heavy atom. The minimum atomic E-state index is 0.515. The van der Waals surface area contributed by atoms with E-state index in [1.807, 2.05) is 12.1 Å². The van der Waals surface area contributed by atoms with Gasteiger partial charge in [0.2, 0.25) is 0 Å². The molecule has 2 rings (SSSR count). The Bertz CT molecular complexity index is 318. The molecule has 1 aliphatic rings. The normalized spacial score (nSPS) is 18.1. The third-order valence-electron chi connectivity index (χ3n) is 2.83. The van der Waals surface area contributed by atoms with Crippen LogP contribution in [0.2, 0.25) is 0 Å². The van der Waals surface area contributed by atoms with E-state index < -0.39 is 0 Å². The molecule has 0 aliphatic carbocycles. The van der Waals surface area contributed by atoms with Crippen LogP contribution in [0.3, 0.4) is 0 Å². The molecule has 1 fully saturated rings. The molecular formula is C11H18N4. The largest absolute Gasteiger partial charge is 0.354 e. The standard InChI is InChI=1S/C11H18N4/c1-14-5-7-15(8-6-14)11-4-2-3-10(9-12)13-11/h2-4H,5-9,12H2,1H3. The summed E-state index contributed by atoms with van der Waals surface area (Å²) in [5.41, 5.74) is 6.55. The van der Waals surface area contributed by atoms with Crippen molar-refractivity contribution in [1.29, 1.82) is 0 Å². The Morgan fingerprint density at radius 2 is 2.00 bits per heavy atom. The summed E-state index contributed by atoms with van der Waals surface area (Å²) in [5, 5.41) is 0. The summed E-state index contributed by atoms with van der Waals surface area (Å²) in [6, 6.07) is 6.06. The highest BCUT2D eigenvalue weighted by molar-refractivity contribution is 5.39. The van der Waals surface area contributed by atoms with Gasteiger partial charge < -0.3 is 15.5 Å². The molecule has 2 N–H and O–H groups in total. The van der Waals surface area contributed by atoms with Crippen LogP contribution in [0.25, 0.3) is 0 Å². The first kappa shape index (κ1) is 10.4. The van der Waals surface area contributed by atoms with Gasteiger partial charge in [0, 0.05) is 32.7 Å².